The predicted octanol–water partition coefficient (Wildman–Crippen LogP) is 7.55. The quantitative estimate of drug-likeness (QED) is 0.146. The standard InChI is InChI=1S/C52H81NO12S/c1-31-17-13-12-14-18-32(2)42(61-8)29-39-22-20-37(7)52(60,65-39)49(57)50(58)53-24-16-15-19-40(53)51(59)64-43(34(4)27-38-21-23-45(66-11)44(28-38)62-9)30-41(54)33(3)26-36(6)47(56)48(63-10)46(55)35(5)25-31/h12-14,17-18,26,31,33-35,37-40,42-45,47-48,56,60H,15-16,19-25,27-30H2,1-11H3/b14-12+,17-13+,32-18+,36-26+/t31-,33-,34-,35-,37-,38?,39+,40+,42+,43?,44-,45-,47-,48+,52-/m1/s1. The molecule has 3 fully saturated rings. The van der Waals surface area contributed by atoms with E-state index < -0.39 is 77.8 Å². The maximum absolute atomic E-state index is 14.4. The fraction of sp³-hybridized carbons (Fsp3) is 0.750. The van der Waals surface area contributed by atoms with Crippen LogP contribution in [0.25, 0.3) is 0 Å². The third-order valence-electron chi connectivity index (χ3n) is 14.8. The molecule has 2 saturated heterocycles. The maximum atomic E-state index is 14.4. The molecule has 3 aliphatic heterocycles. The number of carbonyl (C=O) groups is 5. The van der Waals surface area contributed by atoms with Gasteiger partial charge in [-0.05, 0) is 113 Å². The summed E-state index contributed by atoms with van der Waals surface area (Å²) in [6, 6.07) is -1.11. The number of aliphatic hydroxyl groups excluding tert-OH is 1. The summed E-state index contributed by atoms with van der Waals surface area (Å²) in [5.74, 6) is -7.52. The number of hydrogen-bond donors (Lipinski definition) is 2. The van der Waals surface area contributed by atoms with Gasteiger partial charge in [-0.3, -0.25) is 19.2 Å². The summed E-state index contributed by atoms with van der Waals surface area (Å²) in [4.78, 5) is 72.1. The van der Waals surface area contributed by atoms with Gasteiger partial charge in [0.1, 0.15) is 30.1 Å². The van der Waals surface area contributed by atoms with Gasteiger partial charge in [0.05, 0.1) is 18.3 Å². The van der Waals surface area contributed by atoms with Crippen LogP contribution in [-0.4, -0.2) is 132 Å². The molecule has 15 atom stereocenters. The lowest BCUT2D eigenvalue weighted by Gasteiger charge is -2.42. The SMILES string of the molecule is CO[C@H]1C[C@@H]2CC[C@@H](C)[C@@](O)(O2)C(=O)C(=O)N2CCCC[C@H]2C(=O)OC([C@H](C)CC2CC[C@@H](SC)[C@H](OC)C2)CC(=O)[C@H](C)/C=C(\C)[C@@H](O)[C@@H](OC)C(=O)[C@H](C)C[C@H](C)/C=C/C=C/C=C/1C. The highest BCUT2D eigenvalue weighted by molar-refractivity contribution is 7.99. The van der Waals surface area contributed by atoms with Gasteiger partial charge in [-0.15, -0.1) is 0 Å². The number of ketones is 3. The zero-order valence-electron chi connectivity index (χ0n) is 41.6. The van der Waals surface area contributed by atoms with Crippen molar-refractivity contribution in [1.82, 2.24) is 4.90 Å². The van der Waals surface area contributed by atoms with Crippen molar-refractivity contribution in [2.24, 2.45) is 35.5 Å². The van der Waals surface area contributed by atoms with Crippen molar-refractivity contribution < 1.29 is 57.9 Å². The minimum Gasteiger partial charge on any atom is -0.460 e. The van der Waals surface area contributed by atoms with E-state index in [-0.39, 0.29) is 54.8 Å². The molecule has 13 nitrogen and oxygen atoms in total. The number of amides is 1. The van der Waals surface area contributed by atoms with Crippen LogP contribution in [0.15, 0.2) is 47.6 Å². The summed E-state index contributed by atoms with van der Waals surface area (Å²) in [6.45, 7) is 12.9. The fourth-order valence-electron chi connectivity index (χ4n) is 10.4. The van der Waals surface area contributed by atoms with Gasteiger partial charge in [0.25, 0.3) is 11.7 Å². The van der Waals surface area contributed by atoms with Crippen LogP contribution in [0.2, 0.25) is 0 Å². The Labute approximate surface area is 398 Å². The van der Waals surface area contributed by atoms with E-state index in [1.807, 2.05) is 58.1 Å². The van der Waals surface area contributed by atoms with E-state index in [0.717, 1.165) is 24.8 Å². The van der Waals surface area contributed by atoms with Gasteiger partial charge in [-0.1, -0.05) is 71.1 Å². The molecule has 0 aromatic rings. The Bertz CT molecular complexity index is 1780. The summed E-state index contributed by atoms with van der Waals surface area (Å²) < 4.78 is 29.8. The molecule has 2 N–H and O–H groups in total. The Balaban J connectivity index is 1.70. The average Bonchev–Trinajstić information content (AvgIpc) is 3.30. The number of rotatable bonds is 7. The van der Waals surface area contributed by atoms with Crippen molar-refractivity contribution in [1.29, 1.82) is 0 Å². The molecule has 2 bridgehead atoms. The molecule has 3 heterocycles. The topological polar surface area (TPSA) is 175 Å². The molecule has 1 aliphatic carbocycles. The van der Waals surface area contributed by atoms with Crippen LogP contribution in [0, 0.1) is 35.5 Å². The smallest absolute Gasteiger partial charge is 0.329 e. The number of methoxy groups -OCH3 is 3. The van der Waals surface area contributed by atoms with Crippen LogP contribution >= 0.6 is 11.8 Å². The van der Waals surface area contributed by atoms with Crippen LogP contribution in [0.1, 0.15) is 126 Å². The molecule has 0 spiro atoms. The van der Waals surface area contributed by atoms with Gasteiger partial charge in [-0.25, -0.2) is 4.79 Å². The van der Waals surface area contributed by atoms with Gasteiger partial charge in [-0.2, -0.15) is 11.8 Å². The second-order valence-electron chi connectivity index (χ2n) is 19.8. The fourth-order valence-corrected chi connectivity index (χ4v) is 11.3. The van der Waals surface area contributed by atoms with Gasteiger partial charge in [0.2, 0.25) is 5.79 Å². The van der Waals surface area contributed by atoms with Crippen LogP contribution in [0.4, 0.5) is 0 Å². The number of allylic oxidation sites excluding steroid dienone is 6. The van der Waals surface area contributed by atoms with Crippen molar-refractivity contribution in [2.75, 3.05) is 34.1 Å². The molecule has 0 aromatic carbocycles. The normalized spacial score (nSPS) is 40.0. The number of piperidine rings is 1. The lowest BCUT2D eigenvalue weighted by molar-refractivity contribution is -0.265. The van der Waals surface area contributed by atoms with Gasteiger partial charge < -0.3 is 38.8 Å². The molecule has 0 radical (unpaired) electrons. The average molecular weight is 944 g/mol. The molecule has 0 aromatic heterocycles. The highest BCUT2D eigenvalue weighted by atomic mass is 32.2. The molecular formula is C52H81NO12S. The Kier molecular flexibility index (Phi) is 22.0. The molecule has 1 amide bonds. The summed E-state index contributed by atoms with van der Waals surface area (Å²) in [5.41, 5.74) is 1.30. The van der Waals surface area contributed by atoms with E-state index in [1.54, 1.807) is 52.8 Å². The van der Waals surface area contributed by atoms with E-state index in [4.69, 9.17) is 23.7 Å². The summed E-state index contributed by atoms with van der Waals surface area (Å²) in [5, 5.41) is 23.8. The number of esters is 1. The molecule has 14 heteroatoms. The Hall–Kier alpha value is -2.98. The van der Waals surface area contributed by atoms with E-state index in [1.165, 1.54) is 12.0 Å². The van der Waals surface area contributed by atoms with E-state index >= 15 is 0 Å². The molecular weight excluding hydrogens is 863 g/mol. The van der Waals surface area contributed by atoms with Crippen LogP contribution in [0.5, 0.6) is 0 Å². The zero-order chi connectivity index (χ0) is 48.9. The van der Waals surface area contributed by atoms with E-state index in [2.05, 4.69) is 6.26 Å². The number of thioether (sulfide) groups is 1. The van der Waals surface area contributed by atoms with Crippen molar-refractivity contribution in [3.8, 4) is 0 Å². The summed E-state index contributed by atoms with van der Waals surface area (Å²) >= 11 is 1.80. The first-order valence-electron chi connectivity index (χ1n) is 24.3. The van der Waals surface area contributed by atoms with E-state index in [9.17, 15) is 34.2 Å². The highest BCUT2D eigenvalue weighted by Crippen LogP contribution is 2.39. The Morgan fingerprint density at radius 3 is 2.27 bits per heavy atom. The van der Waals surface area contributed by atoms with Crippen molar-refractivity contribution >= 4 is 41.0 Å². The van der Waals surface area contributed by atoms with Crippen LogP contribution < -0.4 is 0 Å². The lowest BCUT2D eigenvalue weighted by atomic mass is 9.79. The monoisotopic (exact) mass is 944 g/mol. The number of fused-ring (bicyclic) bond motifs is 3. The Morgan fingerprint density at radius 1 is 0.879 bits per heavy atom. The van der Waals surface area contributed by atoms with Crippen LogP contribution in [0.3, 0.4) is 0 Å². The second kappa shape index (κ2) is 26.1. The number of Topliss-reactive ketones (excluding diaryl/α,β-unsaturated/α-hetero) is 3. The first kappa shape index (κ1) is 55.6. The molecule has 1 saturated carbocycles. The number of ether oxygens (including phenoxy) is 5. The number of nitrogens with zero attached hydrogens (tertiary/aromatic N) is 1. The molecule has 2 unspecified atom stereocenters. The Morgan fingerprint density at radius 2 is 1.61 bits per heavy atom. The first-order chi connectivity index (χ1) is 31.3. The van der Waals surface area contributed by atoms with Crippen LogP contribution in [-0.2, 0) is 47.7 Å². The highest BCUT2D eigenvalue weighted by Gasteiger charge is 2.53. The molecule has 372 valence electrons. The summed E-state index contributed by atoms with van der Waals surface area (Å²) in [7, 11) is 4.71. The largest absolute Gasteiger partial charge is 0.460 e. The number of cyclic esters (lactones) is 1. The number of carbonyl (C=O) groups excluding carboxylic acids is 5. The summed E-state index contributed by atoms with van der Waals surface area (Å²) in [6.07, 6.45) is 15.6. The predicted molar refractivity (Wildman–Crippen MR) is 256 cm³/mol. The van der Waals surface area contributed by atoms with Gasteiger partial charge >= 0.3 is 5.97 Å². The molecule has 66 heavy (non-hydrogen) atoms. The zero-order valence-corrected chi connectivity index (χ0v) is 42.4. The third-order valence-corrected chi connectivity index (χ3v) is 15.9. The van der Waals surface area contributed by atoms with E-state index in [0.29, 0.717) is 55.8 Å². The van der Waals surface area contributed by atoms with Crippen molar-refractivity contribution in [3.05, 3.63) is 47.6 Å². The maximum Gasteiger partial charge on any atom is 0.329 e. The van der Waals surface area contributed by atoms with Gasteiger partial charge in [0.15, 0.2) is 5.78 Å². The third kappa shape index (κ3) is 14.5. The minimum atomic E-state index is -2.41. The minimum absolute atomic E-state index is 0.0292. The molecule has 4 aliphatic rings. The number of aliphatic hydroxyl groups is 2. The van der Waals surface area contributed by atoms with Gasteiger partial charge in [0, 0.05) is 63.7 Å². The second-order valence-corrected chi connectivity index (χ2v) is 20.9. The number of hydrogen-bond acceptors (Lipinski definition) is 13. The lowest BCUT2D eigenvalue weighted by Crippen LogP contribution is -2.61. The van der Waals surface area contributed by atoms with Crippen molar-refractivity contribution in [2.45, 2.75) is 179 Å². The van der Waals surface area contributed by atoms with Crippen molar-refractivity contribution in [3.63, 3.8) is 0 Å². The first-order valence-corrected chi connectivity index (χ1v) is 25.6. The molecule has 4 rings (SSSR count).